The van der Waals surface area contributed by atoms with Gasteiger partial charge in [-0.1, -0.05) is 43.9 Å². The van der Waals surface area contributed by atoms with E-state index in [9.17, 15) is 13.2 Å². The van der Waals surface area contributed by atoms with E-state index in [0.29, 0.717) is 18.4 Å². The molecular weight excluding hydrogens is 265 g/mol. The minimum atomic E-state index is -4.47. The lowest BCUT2D eigenvalue weighted by Gasteiger charge is -2.14. The van der Waals surface area contributed by atoms with Gasteiger partial charge in [-0.25, -0.2) is 0 Å². The van der Waals surface area contributed by atoms with Gasteiger partial charge in [0.05, 0.1) is 0 Å². The predicted molar refractivity (Wildman–Crippen MR) is 71.1 cm³/mol. The van der Waals surface area contributed by atoms with Crippen LogP contribution in [0.25, 0.3) is 0 Å². The van der Waals surface area contributed by atoms with Crippen molar-refractivity contribution in [2.24, 2.45) is 0 Å². The molecule has 0 aromatic heterocycles. The first-order valence-electron chi connectivity index (χ1n) is 6.70. The predicted octanol–water partition coefficient (Wildman–Crippen LogP) is 4.32. The average molecular weight is 282 g/mol. The van der Waals surface area contributed by atoms with E-state index in [1.807, 2.05) is 6.92 Å². The Kier molecular flexibility index (Phi) is 3.84. The van der Waals surface area contributed by atoms with Crippen LogP contribution in [0.5, 0.6) is 0 Å². The molecule has 0 radical (unpaired) electrons. The van der Waals surface area contributed by atoms with E-state index in [-0.39, 0.29) is 0 Å². The number of rotatable bonds is 3. The van der Waals surface area contributed by atoms with Crippen molar-refractivity contribution in [3.05, 3.63) is 35.9 Å². The fourth-order valence-electron chi connectivity index (χ4n) is 2.32. The molecule has 1 aliphatic heterocycles. The Morgan fingerprint density at radius 3 is 2.40 bits per heavy atom. The molecule has 2 atom stereocenters. The van der Waals surface area contributed by atoms with Crippen molar-refractivity contribution in [3.8, 4) is 11.8 Å². The van der Waals surface area contributed by atoms with Gasteiger partial charge in [0.25, 0.3) is 5.60 Å². The highest BCUT2D eigenvalue weighted by atomic mass is 19.4. The van der Waals surface area contributed by atoms with Gasteiger partial charge in [0.15, 0.2) is 0 Å². The van der Waals surface area contributed by atoms with Crippen molar-refractivity contribution >= 4 is 0 Å². The molecule has 2 rings (SSSR count). The van der Waals surface area contributed by atoms with Crippen LogP contribution in [0.3, 0.4) is 0 Å². The zero-order chi connectivity index (χ0) is 14.9. The summed E-state index contributed by atoms with van der Waals surface area (Å²) in [5.41, 5.74) is -2.97. The molecule has 1 aliphatic rings. The van der Waals surface area contributed by atoms with Crippen molar-refractivity contribution in [2.75, 3.05) is 0 Å². The molecule has 0 N–H and O–H groups in total. The Balaban J connectivity index is 2.27. The van der Waals surface area contributed by atoms with Gasteiger partial charge in [0.2, 0.25) is 0 Å². The summed E-state index contributed by atoms with van der Waals surface area (Å²) in [4.78, 5) is 0. The second-order valence-electron chi connectivity index (χ2n) is 5.23. The molecule has 0 amide bonds. The Bertz CT molecular complexity index is 526. The zero-order valence-corrected chi connectivity index (χ0v) is 11.6. The van der Waals surface area contributed by atoms with Crippen molar-refractivity contribution in [1.82, 2.24) is 0 Å². The first-order valence-corrected chi connectivity index (χ1v) is 6.70. The second-order valence-corrected chi connectivity index (χ2v) is 5.23. The van der Waals surface area contributed by atoms with Crippen molar-refractivity contribution in [3.63, 3.8) is 0 Å². The maximum Gasteiger partial charge on any atom is 0.431 e. The lowest BCUT2D eigenvalue weighted by atomic mass is 9.89. The first kappa shape index (κ1) is 14.9. The largest absolute Gasteiger partial charge is 0.431 e. The fraction of sp³-hybridized carbons (Fsp3) is 0.500. The normalized spacial score (nSPS) is 28.6. The Hall–Kier alpha value is -1.47. The number of benzene rings is 1. The maximum atomic E-state index is 13.3. The molecule has 1 aromatic rings. The van der Waals surface area contributed by atoms with E-state index in [0.717, 1.165) is 6.42 Å². The van der Waals surface area contributed by atoms with Crippen molar-refractivity contribution in [1.29, 1.82) is 0 Å². The van der Waals surface area contributed by atoms with E-state index < -0.39 is 17.4 Å². The van der Waals surface area contributed by atoms with Gasteiger partial charge in [-0.3, -0.25) is 0 Å². The van der Waals surface area contributed by atoms with E-state index in [4.69, 9.17) is 4.74 Å². The zero-order valence-electron chi connectivity index (χ0n) is 11.6. The van der Waals surface area contributed by atoms with Crippen LogP contribution >= 0.6 is 0 Å². The molecule has 1 fully saturated rings. The van der Waals surface area contributed by atoms with Crippen LogP contribution in [-0.2, 0) is 4.74 Å². The van der Waals surface area contributed by atoms with E-state index in [1.165, 1.54) is 6.92 Å². The Labute approximate surface area is 117 Å². The standard InChI is InChI=1S/C16H17F3O/c1-3-4-11-14(2)15(20-14,16(17,18)19)12-10-13-8-6-5-7-9-13/h5-9H,3-4,11H2,1-2H3/t14-,15-/m0/s1. The number of epoxide rings is 1. The molecule has 1 heterocycles. The monoisotopic (exact) mass is 282 g/mol. The molecule has 20 heavy (non-hydrogen) atoms. The summed E-state index contributed by atoms with van der Waals surface area (Å²) in [5.74, 6) is 4.92. The van der Waals surface area contributed by atoms with Gasteiger partial charge in [0, 0.05) is 5.56 Å². The van der Waals surface area contributed by atoms with Gasteiger partial charge < -0.3 is 4.74 Å². The SMILES string of the molecule is CCCC[C@]1(C)O[C@]1(C#Cc1ccccc1)C(F)(F)F. The summed E-state index contributed by atoms with van der Waals surface area (Å²) in [5, 5.41) is 0. The number of hydrogen-bond donors (Lipinski definition) is 0. The van der Waals surface area contributed by atoms with Crippen LogP contribution in [0.1, 0.15) is 38.7 Å². The van der Waals surface area contributed by atoms with Gasteiger partial charge in [0.1, 0.15) is 5.60 Å². The van der Waals surface area contributed by atoms with Crippen LogP contribution in [-0.4, -0.2) is 17.4 Å². The highest BCUT2D eigenvalue weighted by Crippen LogP contribution is 2.59. The quantitative estimate of drug-likeness (QED) is 0.594. The van der Waals surface area contributed by atoms with E-state index in [2.05, 4.69) is 11.8 Å². The molecular formula is C16H17F3O. The summed E-state index contributed by atoms with van der Waals surface area (Å²) in [7, 11) is 0. The van der Waals surface area contributed by atoms with Gasteiger partial charge in [-0.05, 0) is 31.4 Å². The minimum absolute atomic E-state index is 0.368. The van der Waals surface area contributed by atoms with Crippen LogP contribution in [0, 0.1) is 11.8 Å². The summed E-state index contributed by atoms with van der Waals surface area (Å²) in [6, 6.07) is 8.65. The highest BCUT2D eigenvalue weighted by Gasteiger charge is 2.79. The third kappa shape index (κ3) is 2.55. The molecule has 1 aromatic carbocycles. The molecule has 0 bridgehead atoms. The van der Waals surface area contributed by atoms with Crippen LogP contribution in [0.15, 0.2) is 30.3 Å². The molecule has 1 nitrogen and oxygen atoms in total. The summed E-state index contributed by atoms with van der Waals surface area (Å²) >= 11 is 0. The van der Waals surface area contributed by atoms with Gasteiger partial charge in [-0.15, -0.1) is 0 Å². The number of ether oxygens (including phenoxy) is 1. The Morgan fingerprint density at radius 2 is 1.85 bits per heavy atom. The third-order valence-electron chi connectivity index (χ3n) is 3.64. The minimum Gasteiger partial charge on any atom is -0.341 e. The third-order valence-corrected chi connectivity index (χ3v) is 3.64. The van der Waals surface area contributed by atoms with Crippen LogP contribution < -0.4 is 0 Å². The Morgan fingerprint density at radius 1 is 1.20 bits per heavy atom. The number of unbranched alkanes of at least 4 members (excludes halogenated alkanes) is 1. The lowest BCUT2D eigenvalue weighted by molar-refractivity contribution is -0.167. The summed E-state index contributed by atoms with van der Waals surface area (Å²) in [6.45, 7) is 3.44. The molecule has 0 saturated carbocycles. The average Bonchev–Trinajstić information content (AvgIpc) is 3.02. The lowest BCUT2D eigenvalue weighted by Crippen LogP contribution is -2.38. The van der Waals surface area contributed by atoms with Crippen LogP contribution in [0.2, 0.25) is 0 Å². The van der Waals surface area contributed by atoms with E-state index in [1.54, 1.807) is 30.3 Å². The van der Waals surface area contributed by atoms with Gasteiger partial charge in [-0.2, -0.15) is 13.2 Å². The summed E-state index contributed by atoms with van der Waals surface area (Å²) < 4.78 is 45.0. The first-order chi connectivity index (χ1) is 9.35. The molecule has 108 valence electrons. The number of hydrogen-bond acceptors (Lipinski definition) is 1. The van der Waals surface area contributed by atoms with Crippen LogP contribution in [0.4, 0.5) is 13.2 Å². The second kappa shape index (κ2) is 5.14. The number of alkyl halides is 3. The maximum absolute atomic E-state index is 13.3. The molecule has 0 spiro atoms. The smallest absolute Gasteiger partial charge is 0.341 e. The summed E-state index contributed by atoms with van der Waals surface area (Å²) in [6.07, 6.45) is -2.58. The fourth-order valence-corrected chi connectivity index (χ4v) is 2.32. The molecule has 0 aliphatic carbocycles. The van der Waals surface area contributed by atoms with Gasteiger partial charge >= 0.3 is 6.18 Å². The highest BCUT2D eigenvalue weighted by molar-refractivity contribution is 5.42. The molecule has 0 unspecified atom stereocenters. The molecule has 4 heteroatoms. The van der Waals surface area contributed by atoms with E-state index >= 15 is 0 Å². The van der Waals surface area contributed by atoms with Crippen molar-refractivity contribution < 1.29 is 17.9 Å². The molecule has 1 saturated heterocycles. The number of halogens is 3. The van der Waals surface area contributed by atoms with Crippen molar-refractivity contribution in [2.45, 2.75) is 50.5 Å². The topological polar surface area (TPSA) is 12.5 Å².